The molecule has 0 radical (unpaired) electrons. The number of nitrogen functional groups attached to an aromatic ring is 2. The average molecular weight is 713 g/mol. The fourth-order valence-corrected chi connectivity index (χ4v) is 5.31. The van der Waals surface area contributed by atoms with Crippen LogP contribution in [0.15, 0.2) is 116 Å². The van der Waals surface area contributed by atoms with Gasteiger partial charge in [-0.2, -0.15) is 40.7 Å². The third kappa shape index (κ3) is 6.60. The van der Waals surface area contributed by atoms with E-state index in [-0.39, 0.29) is 32.8 Å². The molecular weight excluding hydrogens is 691 g/mol. The molecular formula is C32H22Cl2N10O6. The van der Waals surface area contributed by atoms with Crippen molar-refractivity contribution in [2.75, 3.05) is 21.5 Å². The zero-order valence-corrected chi connectivity index (χ0v) is 26.8. The number of nitrogens with zero attached hydrogens (tertiary/aromatic N) is 8. The average Bonchev–Trinajstić information content (AvgIpc) is 3.59. The standard InChI is InChI=1S/C32H22Cl2N10O6/c33-21-11-15(7-9-23(21)37-39-25-27(31(47)48)41-43(29(25)45)19-5-1-3-17(35)13-19)16-8-10-24(22(34)12-16)38-40-26-28(32(49)50)42-44(30(26)46)20-6-2-4-18(36)14-20/h1-14,25-26H,35-36H2,(H,47,48)(H,49,50). The van der Waals surface area contributed by atoms with Crippen LogP contribution in [0.3, 0.4) is 0 Å². The summed E-state index contributed by atoms with van der Waals surface area (Å²) in [6, 6.07) is 18.8. The molecule has 0 saturated heterocycles. The second kappa shape index (κ2) is 13.5. The lowest BCUT2D eigenvalue weighted by molar-refractivity contribution is -0.130. The Morgan fingerprint density at radius 2 is 1.04 bits per heavy atom. The van der Waals surface area contributed by atoms with Crippen molar-refractivity contribution in [1.29, 1.82) is 0 Å². The van der Waals surface area contributed by atoms with E-state index in [0.29, 0.717) is 22.5 Å². The van der Waals surface area contributed by atoms with E-state index in [1.807, 2.05) is 0 Å². The van der Waals surface area contributed by atoms with E-state index in [9.17, 15) is 29.4 Å². The van der Waals surface area contributed by atoms with E-state index in [1.54, 1.807) is 60.7 Å². The van der Waals surface area contributed by atoms with Gasteiger partial charge in [0.1, 0.15) is 11.4 Å². The molecule has 4 aromatic rings. The van der Waals surface area contributed by atoms with E-state index in [4.69, 9.17) is 34.7 Å². The number of carbonyl (C=O) groups is 4. The van der Waals surface area contributed by atoms with E-state index >= 15 is 0 Å². The fraction of sp³-hybridized carbons (Fsp3) is 0.0625. The number of nitrogens with two attached hydrogens (primary N) is 2. The number of benzene rings is 4. The Hall–Kier alpha value is -6.52. The molecule has 2 atom stereocenters. The van der Waals surface area contributed by atoms with Crippen molar-refractivity contribution in [3.05, 3.63) is 95.0 Å². The minimum absolute atomic E-state index is 0.128. The number of anilines is 4. The molecule has 0 aliphatic carbocycles. The number of carboxylic acids is 2. The number of carboxylic acid groups (broad SMARTS) is 2. The molecule has 2 heterocycles. The Bertz CT molecular complexity index is 2070. The first-order valence-electron chi connectivity index (χ1n) is 14.3. The van der Waals surface area contributed by atoms with Crippen LogP contribution in [-0.4, -0.2) is 57.5 Å². The molecule has 2 aliphatic rings. The second-order valence-electron chi connectivity index (χ2n) is 10.6. The first kappa shape index (κ1) is 33.4. The first-order valence-corrected chi connectivity index (χ1v) is 15.1. The highest BCUT2D eigenvalue weighted by molar-refractivity contribution is 6.46. The van der Waals surface area contributed by atoms with Crippen molar-refractivity contribution >= 4 is 92.5 Å². The molecule has 4 aromatic carbocycles. The van der Waals surface area contributed by atoms with Crippen LogP contribution in [0.25, 0.3) is 11.1 Å². The van der Waals surface area contributed by atoms with Crippen LogP contribution >= 0.6 is 23.2 Å². The van der Waals surface area contributed by atoms with Crippen LogP contribution in [0, 0.1) is 0 Å². The van der Waals surface area contributed by atoms with E-state index in [1.165, 1.54) is 24.3 Å². The van der Waals surface area contributed by atoms with Crippen LogP contribution in [0.5, 0.6) is 0 Å². The smallest absolute Gasteiger partial charge is 0.355 e. The largest absolute Gasteiger partial charge is 0.477 e. The van der Waals surface area contributed by atoms with Crippen LogP contribution in [0.1, 0.15) is 0 Å². The number of aliphatic carboxylic acids is 2. The van der Waals surface area contributed by atoms with Crippen molar-refractivity contribution < 1.29 is 29.4 Å². The highest BCUT2D eigenvalue weighted by atomic mass is 35.5. The van der Waals surface area contributed by atoms with Gasteiger partial charge in [-0.15, -0.1) is 0 Å². The van der Waals surface area contributed by atoms with Gasteiger partial charge in [0.2, 0.25) is 12.1 Å². The van der Waals surface area contributed by atoms with E-state index in [0.717, 1.165) is 10.0 Å². The minimum Gasteiger partial charge on any atom is -0.477 e. The third-order valence-electron chi connectivity index (χ3n) is 7.28. The molecule has 2 aliphatic heterocycles. The summed E-state index contributed by atoms with van der Waals surface area (Å²) in [5, 5.41) is 45.1. The molecule has 0 spiro atoms. The number of amides is 2. The summed E-state index contributed by atoms with van der Waals surface area (Å²) in [6.07, 6.45) is 0. The number of azo groups is 2. The van der Waals surface area contributed by atoms with Crippen LogP contribution < -0.4 is 21.5 Å². The fourth-order valence-electron chi connectivity index (χ4n) is 4.87. The normalized spacial score (nSPS) is 17.6. The Balaban J connectivity index is 1.18. The van der Waals surface area contributed by atoms with Crippen molar-refractivity contribution in [2.45, 2.75) is 12.1 Å². The summed E-state index contributed by atoms with van der Waals surface area (Å²) >= 11 is 13.0. The van der Waals surface area contributed by atoms with Gasteiger partial charge in [-0.1, -0.05) is 47.5 Å². The topological polar surface area (TPSA) is 241 Å². The maximum absolute atomic E-state index is 13.0. The third-order valence-corrected chi connectivity index (χ3v) is 7.88. The molecule has 250 valence electrons. The molecule has 6 rings (SSSR count). The SMILES string of the molecule is Nc1cccc(N2N=C(C(=O)O)C(N=Nc3ccc(-c4ccc(N=NC5C(=O)N(c6cccc(N)c6)N=C5C(=O)O)c(Cl)c4)cc3Cl)C2=O)c1. The molecule has 0 saturated carbocycles. The number of rotatable bonds is 9. The lowest BCUT2D eigenvalue weighted by Gasteiger charge is -2.12. The Kier molecular flexibility index (Phi) is 9.04. The monoisotopic (exact) mass is 712 g/mol. The number of hydrogen-bond donors (Lipinski definition) is 4. The van der Waals surface area contributed by atoms with Crippen molar-refractivity contribution in [1.82, 2.24) is 0 Å². The Morgan fingerprint density at radius 1 is 0.640 bits per heavy atom. The molecule has 18 heteroatoms. The Labute approximate surface area is 291 Å². The second-order valence-corrected chi connectivity index (χ2v) is 11.5. The number of halogens is 2. The highest BCUT2D eigenvalue weighted by Gasteiger charge is 2.42. The van der Waals surface area contributed by atoms with Crippen LogP contribution in [0.4, 0.5) is 34.1 Å². The van der Waals surface area contributed by atoms with Gasteiger partial charge >= 0.3 is 11.9 Å². The van der Waals surface area contributed by atoms with E-state index < -0.39 is 47.3 Å². The van der Waals surface area contributed by atoms with Crippen molar-refractivity contribution in [3.63, 3.8) is 0 Å². The number of carbonyl (C=O) groups excluding carboxylic acids is 2. The Morgan fingerprint density at radius 3 is 1.38 bits per heavy atom. The number of hydrazone groups is 2. The lowest BCUT2D eigenvalue weighted by Crippen LogP contribution is -2.33. The van der Waals surface area contributed by atoms with Gasteiger partial charge in [0.05, 0.1) is 21.4 Å². The molecule has 0 fully saturated rings. The summed E-state index contributed by atoms with van der Waals surface area (Å²) in [6.45, 7) is 0. The van der Waals surface area contributed by atoms with Gasteiger partial charge in [0.15, 0.2) is 11.4 Å². The van der Waals surface area contributed by atoms with Gasteiger partial charge in [-0.05, 0) is 71.8 Å². The molecule has 2 unspecified atom stereocenters. The summed E-state index contributed by atoms with van der Waals surface area (Å²) < 4.78 is 0. The minimum atomic E-state index is -1.53. The highest BCUT2D eigenvalue weighted by Crippen LogP contribution is 2.36. The number of hydrogen-bond acceptors (Lipinski definition) is 12. The zero-order valence-electron chi connectivity index (χ0n) is 25.3. The van der Waals surface area contributed by atoms with Gasteiger partial charge in [-0.3, -0.25) is 9.59 Å². The van der Waals surface area contributed by atoms with Gasteiger partial charge in [0, 0.05) is 11.4 Å². The summed E-state index contributed by atoms with van der Waals surface area (Å²) in [5.74, 6) is -4.36. The van der Waals surface area contributed by atoms with Gasteiger partial charge in [-0.25, -0.2) is 9.59 Å². The zero-order chi connectivity index (χ0) is 35.7. The lowest BCUT2D eigenvalue weighted by atomic mass is 10.0. The summed E-state index contributed by atoms with van der Waals surface area (Å²) in [4.78, 5) is 49.8. The van der Waals surface area contributed by atoms with Crippen molar-refractivity contribution in [2.24, 2.45) is 30.7 Å². The maximum Gasteiger partial charge on any atom is 0.355 e. The predicted octanol–water partition coefficient (Wildman–Crippen LogP) is 5.70. The maximum atomic E-state index is 13.0. The van der Waals surface area contributed by atoms with Gasteiger partial charge in [0.25, 0.3) is 11.8 Å². The van der Waals surface area contributed by atoms with Crippen LogP contribution in [-0.2, 0) is 19.2 Å². The van der Waals surface area contributed by atoms with E-state index in [2.05, 4.69) is 30.7 Å². The quantitative estimate of drug-likeness (QED) is 0.123. The van der Waals surface area contributed by atoms with Crippen LogP contribution in [0.2, 0.25) is 10.0 Å². The van der Waals surface area contributed by atoms with Gasteiger partial charge < -0.3 is 21.7 Å². The molecule has 2 amide bonds. The molecule has 6 N–H and O–H groups in total. The summed E-state index contributed by atoms with van der Waals surface area (Å²) in [5.41, 5.74) is 13.3. The van der Waals surface area contributed by atoms with Crippen molar-refractivity contribution in [3.8, 4) is 11.1 Å². The summed E-state index contributed by atoms with van der Waals surface area (Å²) in [7, 11) is 0. The molecule has 16 nitrogen and oxygen atoms in total. The molecule has 0 bridgehead atoms. The molecule has 0 aromatic heterocycles. The predicted molar refractivity (Wildman–Crippen MR) is 185 cm³/mol. The molecule has 50 heavy (non-hydrogen) atoms. The first-order chi connectivity index (χ1) is 23.9.